The van der Waals surface area contributed by atoms with E-state index in [1.165, 1.54) is 70.6 Å². The van der Waals surface area contributed by atoms with Crippen molar-refractivity contribution in [2.75, 3.05) is 0 Å². The van der Waals surface area contributed by atoms with Crippen molar-refractivity contribution in [3.63, 3.8) is 0 Å². The summed E-state index contributed by atoms with van der Waals surface area (Å²) in [5.74, 6) is 1.95. The predicted molar refractivity (Wildman–Crippen MR) is 82.3 cm³/mol. The summed E-state index contributed by atoms with van der Waals surface area (Å²) < 4.78 is 0. The Hall–Kier alpha value is -0.0400. The molecule has 2 saturated carbocycles. The molecule has 3 fully saturated rings. The molecular formula is C18H33N. The molecule has 3 aliphatic rings. The molecular weight excluding hydrogens is 230 g/mol. The van der Waals surface area contributed by atoms with Gasteiger partial charge in [0, 0.05) is 18.1 Å². The van der Waals surface area contributed by atoms with Gasteiger partial charge >= 0.3 is 0 Å². The summed E-state index contributed by atoms with van der Waals surface area (Å²) in [6.07, 6.45) is 16.5. The molecule has 1 heterocycles. The lowest BCUT2D eigenvalue weighted by Crippen LogP contribution is -2.65. The molecule has 3 atom stereocenters. The van der Waals surface area contributed by atoms with Crippen molar-refractivity contribution in [1.29, 1.82) is 0 Å². The van der Waals surface area contributed by atoms with E-state index in [2.05, 4.69) is 18.7 Å². The molecule has 2 aliphatic carbocycles. The largest absolute Gasteiger partial charge is 0.294 e. The minimum absolute atomic E-state index is 0.877. The zero-order chi connectivity index (χ0) is 13.2. The normalized spacial score (nSPS) is 37.7. The van der Waals surface area contributed by atoms with E-state index < -0.39 is 0 Å². The molecule has 0 unspecified atom stereocenters. The summed E-state index contributed by atoms with van der Waals surface area (Å²) in [5.41, 5.74) is 0. The van der Waals surface area contributed by atoms with Crippen LogP contribution in [0.15, 0.2) is 0 Å². The van der Waals surface area contributed by atoms with Crippen molar-refractivity contribution in [2.45, 2.75) is 103 Å². The van der Waals surface area contributed by atoms with Crippen molar-refractivity contribution < 1.29 is 0 Å². The molecule has 1 aliphatic heterocycles. The first kappa shape index (κ1) is 13.9. The molecule has 1 heteroatoms. The van der Waals surface area contributed by atoms with Crippen LogP contribution in [-0.2, 0) is 0 Å². The summed E-state index contributed by atoms with van der Waals surface area (Å²) >= 11 is 0. The van der Waals surface area contributed by atoms with Crippen molar-refractivity contribution in [2.24, 2.45) is 11.8 Å². The zero-order valence-corrected chi connectivity index (χ0v) is 13.1. The molecule has 0 aromatic heterocycles. The molecule has 3 rings (SSSR count). The van der Waals surface area contributed by atoms with Crippen LogP contribution in [0.25, 0.3) is 0 Å². The Morgan fingerprint density at radius 3 is 2.21 bits per heavy atom. The highest BCUT2D eigenvalue weighted by molar-refractivity contribution is 5.06. The van der Waals surface area contributed by atoms with Crippen molar-refractivity contribution in [3.05, 3.63) is 0 Å². The van der Waals surface area contributed by atoms with Gasteiger partial charge in [0.25, 0.3) is 0 Å². The van der Waals surface area contributed by atoms with Gasteiger partial charge in [0.2, 0.25) is 0 Å². The monoisotopic (exact) mass is 263 g/mol. The fraction of sp³-hybridized carbons (Fsp3) is 1.00. The third-order valence-corrected chi connectivity index (χ3v) is 6.00. The smallest absolute Gasteiger partial charge is 0.0147 e. The molecule has 0 spiro atoms. The number of nitrogens with zero attached hydrogens (tertiary/aromatic N) is 1. The lowest BCUT2D eigenvalue weighted by Gasteiger charge is -2.57. The van der Waals surface area contributed by atoms with Crippen LogP contribution < -0.4 is 0 Å². The Labute approximate surface area is 120 Å². The molecule has 1 saturated heterocycles. The van der Waals surface area contributed by atoms with Gasteiger partial charge in [-0.1, -0.05) is 52.4 Å². The summed E-state index contributed by atoms with van der Waals surface area (Å²) in [6.45, 7) is 4.83. The van der Waals surface area contributed by atoms with Gasteiger partial charge in [0.15, 0.2) is 0 Å². The number of likely N-dealkylation sites (tertiary alicyclic amines) is 1. The maximum Gasteiger partial charge on any atom is 0.0147 e. The zero-order valence-electron chi connectivity index (χ0n) is 13.1. The van der Waals surface area contributed by atoms with Crippen molar-refractivity contribution in [1.82, 2.24) is 4.90 Å². The molecule has 0 radical (unpaired) electrons. The second-order valence-corrected chi connectivity index (χ2v) is 7.81. The Bertz CT molecular complexity index is 277. The number of hydrogen-bond acceptors (Lipinski definition) is 1. The minimum Gasteiger partial charge on any atom is -0.294 e. The van der Waals surface area contributed by atoms with Gasteiger partial charge in [-0.2, -0.15) is 0 Å². The van der Waals surface area contributed by atoms with Crippen LogP contribution in [0.5, 0.6) is 0 Å². The fourth-order valence-corrected chi connectivity index (χ4v) is 5.21. The summed E-state index contributed by atoms with van der Waals surface area (Å²) in [6, 6.07) is 2.90. The van der Waals surface area contributed by atoms with Gasteiger partial charge in [-0.15, -0.1) is 0 Å². The van der Waals surface area contributed by atoms with E-state index in [1.807, 2.05) is 0 Å². The maximum absolute atomic E-state index is 3.02. The lowest BCUT2D eigenvalue weighted by atomic mass is 9.75. The molecule has 0 bridgehead atoms. The van der Waals surface area contributed by atoms with E-state index in [0.29, 0.717) is 0 Å². The van der Waals surface area contributed by atoms with Gasteiger partial charge < -0.3 is 0 Å². The van der Waals surface area contributed by atoms with Crippen molar-refractivity contribution in [3.8, 4) is 0 Å². The van der Waals surface area contributed by atoms with Crippen LogP contribution in [0.3, 0.4) is 0 Å². The van der Waals surface area contributed by atoms with Gasteiger partial charge in [0.05, 0.1) is 0 Å². The Morgan fingerprint density at radius 1 is 0.842 bits per heavy atom. The number of fused-ring (bicyclic) bond motifs is 1. The summed E-state index contributed by atoms with van der Waals surface area (Å²) in [4.78, 5) is 3.02. The Morgan fingerprint density at radius 2 is 1.53 bits per heavy atom. The number of rotatable bonds is 3. The first-order valence-corrected chi connectivity index (χ1v) is 9.05. The molecule has 1 nitrogen and oxygen atoms in total. The standard InChI is InChI=1S/C18H33N/c1-14(2)13-18-16-11-8-12-17(16)19(18)15-9-6-4-3-5-7-10-15/h14-18H,3-13H2,1-2H3/t16-,17+,18+/m0/s1. The highest BCUT2D eigenvalue weighted by Gasteiger charge is 2.52. The molecule has 0 aromatic rings. The molecule has 19 heavy (non-hydrogen) atoms. The minimum atomic E-state index is 0.877. The van der Waals surface area contributed by atoms with Crippen LogP contribution >= 0.6 is 0 Å². The maximum atomic E-state index is 3.02. The highest BCUT2D eigenvalue weighted by Crippen LogP contribution is 2.49. The second kappa shape index (κ2) is 6.16. The average Bonchev–Trinajstić information content (AvgIpc) is 2.73. The molecule has 0 amide bonds. The topological polar surface area (TPSA) is 3.24 Å². The molecule has 0 N–H and O–H groups in total. The van der Waals surface area contributed by atoms with E-state index in [0.717, 1.165) is 30.0 Å². The first-order chi connectivity index (χ1) is 9.27. The molecule has 0 aromatic carbocycles. The van der Waals surface area contributed by atoms with Crippen LogP contribution in [-0.4, -0.2) is 23.0 Å². The van der Waals surface area contributed by atoms with Crippen molar-refractivity contribution >= 4 is 0 Å². The van der Waals surface area contributed by atoms with Crippen LogP contribution in [0.1, 0.15) is 84.5 Å². The van der Waals surface area contributed by atoms with Crippen LogP contribution in [0.4, 0.5) is 0 Å². The lowest BCUT2D eigenvalue weighted by molar-refractivity contribution is -0.0856. The Kier molecular flexibility index (Phi) is 4.51. The average molecular weight is 263 g/mol. The number of hydrogen-bond donors (Lipinski definition) is 0. The van der Waals surface area contributed by atoms with Gasteiger partial charge in [0.1, 0.15) is 0 Å². The summed E-state index contributed by atoms with van der Waals surface area (Å²) in [5, 5.41) is 0. The molecule has 110 valence electrons. The third kappa shape index (κ3) is 2.86. The van der Waals surface area contributed by atoms with Gasteiger partial charge in [-0.05, 0) is 43.9 Å². The van der Waals surface area contributed by atoms with E-state index in [1.54, 1.807) is 0 Å². The van der Waals surface area contributed by atoms with E-state index >= 15 is 0 Å². The summed E-state index contributed by atoms with van der Waals surface area (Å²) in [7, 11) is 0. The van der Waals surface area contributed by atoms with Crippen LogP contribution in [0.2, 0.25) is 0 Å². The first-order valence-electron chi connectivity index (χ1n) is 9.05. The Balaban J connectivity index is 1.65. The van der Waals surface area contributed by atoms with E-state index in [4.69, 9.17) is 0 Å². The quantitative estimate of drug-likeness (QED) is 0.692. The van der Waals surface area contributed by atoms with Crippen LogP contribution in [0, 0.1) is 11.8 Å². The SMILES string of the molecule is CC(C)C[C@@H]1[C@H]2CCC[C@H]2N1C1CCCCCCC1. The van der Waals surface area contributed by atoms with E-state index in [9.17, 15) is 0 Å². The van der Waals surface area contributed by atoms with Gasteiger partial charge in [-0.3, -0.25) is 4.90 Å². The van der Waals surface area contributed by atoms with E-state index in [-0.39, 0.29) is 0 Å². The highest BCUT2D eigenvalue weighted by atomic mass is 15.3. The predicted octanol–water partition coefficient (Wildman–Crippen LogP) is 5.00. The third-order valence-electron chi connectivity index (χ3n) is 6.00. The van der Waals surface area contributed by atoms with Gasteiger partial charge in [-0.25, -0.2) is 0 Å². The fourth-order valence-electron chi connectivity index (χ4n) is 5.21. The second-order valence-electron chi connectivity index (χ2n) is 7.81.